The number of unbranched alkanes of at least 4 members (excludes halogenated alkanes) is 1. The molecule has 0 aliphatic heterocycles. The minimum Gasteiger partial charge on any atom is -0.481 e. The fourth-order valence-electron chi connectivity index (χ4n) is 4.39. The highest BCUT2D eigenvalue weighted by molar-refractivity contribution is 5.94. The van der Waals surface area contributed by atoms with E-state index in [9.17, 15) is 28.8 Å². The van der Waals surface area contributed by atoms with E-state index in [1.165, 1.54) is 0 Å². The molecular weight excluding hydrogens is 612 g/mol. The zero-order valence-corrected chi connectivity index (χ0v) is 27.6. The maximum Gasteiger partial charge on any atom is 0.303 e. The Kier molecular flexibility index (Phi) is 23.4. The lowest BCUT2D eigenvalue weighted by atomic mass is 9.95. The quantitative estimate of drug-likeness (QED) is 0.0987. The van der Waals surface area contributed by atoms with Crippen LogP contribution in [0.2, 0.25) is 0 Å². The summed E-state index contributed by atoms with van der Waals surface area (Å²) in [5.41, 5.74) is 7.15. The van der Waals surface area contributed by atoms with Gasteiger partial charge in [-0.05, 0) is 51.2 Å². The van der Waals surface area contributed by atoms with Gasteiger partial charge in [0.25, 0.3) is 5.91 Å². The SMILES string of the molecule is Cc1ccc(C(=O)NCCCCC(CC(=O)COCCOCCCC(=O)COCCOCCCC(=O)CCCC(=O)O)C(N)=O)cc1. The zero-order valence-electron chi connectivity index (χ0n) is 27.6. The predicted molar refractivity (Wildman–Crippen MR) is 173 cm³/mol. The lowest BCUT2D eigenvalue weighted by Crippen LogP contribution is -2.28. The summed E-state index contributed by atoms with van der Waals surface area (Å²) < 4.78 is 21.5. The number of hydrogen-bond acceptors (Lipinski definition) is 10. The Morgan fingerprint density at radius 1 is 0.681 bits per heavy atom. The molecule has 2 amide bonds. The summed E-state index contributed by atoms with van der Waals surface area (Å²) in [6.07, 6.45) is 4.09. The molecule has 1 unspecified atom stereocenters. The van der Waals surface area contributed by atoms with Crippen molar-refractivity contribution in [2.24, 2.45) is 11.7 Å². The number of carboxylic acids is 1. The first-order chi connectivity index (χ1) is 22.6. The average Bonchev–Trinajstić information content (AvgIpc) is 3.02. The number of ether oxygens (including phenoxy) is 4. The van der Waals surface area contributed by atoms with Crippen LogP contribution in [0.25, 0.3) is 0 Å². The summed E-state index contributed by atoms with van der Waals surface area (Å²) in [5.74, 6) is -2.44. The van der Waals surface area contributed by atoms with E-state index < -0.39 is 17.8 Å². The second kappa shape index (κ2) is 26.5. The van der Waals surface area contributed by atoms with E-state index in [0.29, 0.717) is 83.3 Å². The molecule has 13 heteroatoms. The van der Waals surface area contributed by atoms with Crippen LogP contribution in [0, 0.1) is 12.8 Å². The van der Waals surface area contributed by atoms with Crippen molar-refractivity contribution in [1.29, 1.82) is 0 Å². The van der Waals surface area contributed by atoms with Crippen LogP contribution in [0.3, 0.4) is 0 Å². The minimum atomic E-state index is -0.904. The third-order valence-electron chi connectivity index (χ3n) is 7.06. The molecular formula is C34H52N2O11. The molecule has 47 heavy (non-hydrogen) atoms. The standard InChI is InChI=1S/C34H52N2O11/c1-26-12-14-27(15-13-26)34(43)36-16-3-2-7-28(33(35)42)23-31(39)25-47-22-20-45-18-6-10-30(38)24-46-21-19-44-17-5-9-29(37)8-4-11-32(40)41/h12-15,28H,2-11,16-25H2,1H3,(H2,35,42)(H,36,43)(H,40,41). The number of carboxylic acid groups (broad SMARTS) is 1. The number of nitrogens with two attached hydrogens (primary N) is 1. The lowest BCUT2D eigenvalue weighted by molar-refractivity contribution is -0.137. The van der Waals surface area contributed by atoms with Crippen LogP contribution in [-0.4, -0.2) is 99.6 Å². The summed E-state index contributed by atoms with van der Waals surface area (Å²) in [6, 6.07) is 7.29. The van der Waals surface area contributed by atoms with Gasteiger partial charge >= 0.3 is 5.97 Å². The number of rotatable bonds is 31. The number of aliphatic carboxylic acids is 1. The molecule has 1 atom stereocenters. The molecule has 0 fully saturated rings. The van der Waals surface area contributed by atoms with Gasteiger partial charge in [0.15, 0.2) is 11.6 Å². The van der Waals surface area contributed by atoms with Crippen molar-refractivity contribution in [1.82, 2.24) is 5.32 Å². The number of primary amides is 1. The predicted octanol–water partition coefficient (Wildman–Crippen LogP) is 2.98. The summed E-state index contributed by atoms with van der Waals surface area (Å²) >= 11 is 0. The van der Waals surface area contributed by atoms with Crippen molar-refractivity contribution in [2.45, 2.75) is 77.6 Å². The van der Waals surface area contributed by atoms with Crippen LogP contribution in [0.15, 0.2) is 24.3 Å². The van der Waals surface area contributed by atoms with Gasteiger partial charge in [-0.1, -0.05) is 24.1 Å². The smallest absolute Gasteiger partial charge is 0.303 e. The van der Waals surface area contributed by atoms with E-state index >= 15 is 0 Å². The Morgan fingerprint density at radius 2 is 1.23 bits per heavy atom. The third kappa shape index (κ3) is 23.5. The molecule has 0 radical (unpaired) electrons. The number of benzene rings is 1. The fourth-order valence-corrected chi connectivity index (χ4v) is 4.39. The van der Waals surface area contributed by atoms with Crippen molar-refractivity contribution in [3.05, 3.63) is 35.4 Å². The highest BCUT2D eigenvalue weighted by Gasteiger charge is 2.19. The zero-order chi connectivity index (χ0) is 34.7. The molecule has 13 nitrogen and oxygen atoms in total. The highest BCUT2D eigenvalue weighted by Crippen LogP contribution is 2.13. The van der Waals surface area contributed by atoms with Crippen molar-refractivity contribution in [3.63, 3.8) is 0 Å². The van der Waals surface area contributed by atoms with Crippen LogP contribution in [-0.2, 0) is 42.9 Å². The van der Waals surface area contributed by atoms with Crippen molar-refractivity contribution in [3.8, 4) is 0 Å². The van der Waals surface area contributed by atoms with Crippen molar-refractivity contribution < 1.29 is 52.8 Å². The maximum atomic E-state index is 12.3. The number of ketones is 3. The summed E-state index contributed by atoms with van der Waals surface area (Å²) in [6.45, 7) is 4.03. The number of carbonyl (C=O) groups excluding carboxylic acids is 5. The van der Waals surface area contributed by atoms with E-state index in [1.807, 2.05) is 19.1 Å². The monoisotopic (exact) mass is 664 g/mol. The lowest BCUT2D eigenvalue weighted by Gasteiger charge is -2.13. The van der Waals surface area contributed by atoms with E-state index in [2.05, 4.69) is 5.32 Å². The average molecular weight is 665 g/mol. The van der Waals surface area contributed by atoms with Crippen LogP contribution in [0.4, 0.5) is 0 Å². The molecule has 0 aliphatic rings. The number of aryl methyl sites for hydroxylation is 1. The number of nitrogens with one attached hydrogen (secondary N) is 1. The molecule has 0 spiro atoms. The Hall–Kier alpha value is -3.52. The summed E-state index contributed by atoms with van der Waals surface area (Å²) in [7, 11) is 0. The summed E-state index contributed by atoms with van der Waals surface area (Å²) in [4.78, 5) is 70.2. The molecule has 264 valence electrons. The number of Topliss-reactive ketones (excluding diaryl/α,β-unsaturated/α-hetero) is 3. The minimum absolute atomic E-state index is 0.000806. The molecule has 0 saturated heterocycles. The Bertz CT molecular complexity index is 1090. The van der Waals surface area contributed by atoms with Gasteiger partial charge in [0.05, 0.1) is 26.4 Å². The maximum absolute atomic E-state index is 12.3. The molecule has 0 heterocycles. The Balaban J connectivity index is 1.96. The molecule has 0 saturated carbocycles. The van der Waals surface area contributed by atoms with E-state index in [4.69, 9.17) is 29.8 Å². The first-order valence-electron chi connectivity index (χ1n) is 16.3. The van der Waals surface area contributed by atoms with Gasteiger partial charge in [-0.15, -0.1) is 0 Å². The largest absolute Gasteiger partial charge is 0.481 e. The first-order valence-corrected chi connectivity index (χ1v) is 16.3. The number of carbonyl (C=O) groups is 6. The van der Waals surface area contributed by atoms with E-state index in [-0.39, 0.29) is 75.6 Å². The van der Waals surface area contributed by atoms with Crippen molar-refractivity contribution >= 4 is 35.1 Å². The second-order valence-corrected chi connectivity index (χ2v) is 11.3. The molecule has 1 rings (SSSR count). The van der Waals surface area contributed by atoms with Crippen LogP contribution < -0.4 is 11.1 Å². The fraction of sp³-hybridized carbons (Fsp3) is 0.647. The normalized spacial score (nSPS) is 11.6. The molecule has 0 aliphatic carbocycles. The van der Waals surface area contributed by atoms with Gasteiger partial charge in [0.1, 0.15) is 19.0 Å². The molecule has 0 bridgehead atoms. The van der Waals surface area contributed by atoms with Gasteiger partial charge in [-0.25, -0.2) is 0 Å². The van der Waals surface area contributed by atoms with Crippen LogP contribution >= 0.6 is 0 Å². The topological polar surface area (TPSA) is 198 Å². The molecule has 4 N–H and O–H groups in total. The van der Waals surface area contributed by atoms with Crippen molar-refractivity contribution in [2.75, 3.05) is 59.4 Å². The number of hydrogen-bond donors (Lipinski definition) is 3. The summed E-state index contributed by atoms with van der Waals surface area (Å²) in [5, 5.41) is 11.4. The highest BCUT2D eigenvalue weighted by atomic mass is 16.5. The first kappa shape index (κ1) is 41.5. The Labute approximate surface area is 277 Å². The van der Waals surface area contributed by atoms with Gasteiger partial charge in [-0.2, -0.15) is 0 Å². The second-order valence-electron chi connectivity index (χ2n) is 11.3. The molecule has 1 aromatic carbocycles. The van der Waals surface area contributed by atoms with Crippen LogP contribution in [0.5, 0.6) is 0 Å². The molecule has 1 aromatic rings. The van der Waals surface area contributed by atoms with Gasteiger partial charge in [0.2, 0.25) is 5.91 Å². The van der Waals surface area contributed by atoms with Crippen LogP contribution in [0.1, 0.15) is 86.6 Å². The Morgan fingerprint density at radius 3 is 1.83 bits per heavy atom. The van der Waals surface area contributed by atoms with Gasteiger partial charge in [0, 0.05) is 63.3 Å². The van der Waals surface area contributed by atoms with Gasteiger partial charge in [-0.3, -0.25) is 28.8 Å². The number of amides is 2. The molecule has 0 aromatic heterocycles. The van der Waals surface area contributed by atoms with E-state index in [1.54, 1.807) is 12.1 Å². The van der Waals surface area contributed by atoms with Gasteiger partial charge < -0.3 is 35.1 Å². The van der Waals surface area contributed by atoms with E-state index in [0.717, 1.165) is 5.56 Å². The third-order valence-corrected chi connectivity index (χ3v) is 7.06.